The Hall–Kier alpha value is -1.11. The van der Waals surface area contributed by atoms with E-state index in [4.69, 9.17) is 0 Å². The molecule has 0 spiro atoms. The Kier molecular flexibility index (Phi) is 2.23. The molecule has 3 aliphatic carbocycles. The van der Waals surface area contributed by atoms with Crippen molar-refractivity contribution in [2.75, 3.05) is 0 Å². The molecule has 1 heteroatoms. The second-order valence-corrected chi connectivity index (χ2v) is 6.14. The zero-order valence-corrected chi connectivity index (χ0v) is 10.9. The minimum atomic E-state index is 0.107. The summed E-state index contributed by atoms with van der Waals surface area (Å²) in [4.78, 5) is 12.5. The van der Waals surface area contributed by atoms with Crippen molar-refractivity contribution in [3.63, 3.8) is 0 Å². The lowest BCUT2D eigenvalue weighted by molar-refractivity contribution is -0.118. The third-order valence-corrected chi connectivity index (χ3v) is 5.13. The Morgan fingerprint density at radius 2 is 1.94 bits per heavy atom. The molecule has 0 aliphatic heterocycles. The summed E-state index contributed by atoms with van der Waals surface area (Å²) >= 11 is 0. The smallest absolute Gasteiger partial charge is 0.163 e. The zero-order valence-electron chi connectivity index (χ0n) is 10.9. The van der Waals surface area contributed by atoms with Gasteiger partial charge in [-0.15, -0.1) is 0 Å². The Morgan fingerprint density at radius 1 is 1.24 bits per heavy atom. The summed E-state index contributed by atoms with van der Waals surface area (Å²) < 4.78 is 0. The number of hydrogen-bond acceptors (Lipinski definition) is 1. The minimum absolute atomic E-state index is 0.107. The fourth-order valence-electron chi connectivity index (χ4n) is 3.98. The van der Waals surface area contributed by atoms with Crippen molar-refractivity contribution in [2.24, 2.45) is 17.3 Å². The Balaban J connectivity index is 2.11. The average Bonchev–Trinajstić information content (AvgIpc) is 2.52. The molecule has 17 heavy (non-hydrogen) atoms. The number of carbonyl (C=O) groups excluding carboxylic acids is 1. The normalized spacial score (nSPS) is 40.2. The molecule has 3 aliphatic rings. The highest BCUT2D eigenvalue weighted by atomic mass is 16.1. The maximum Gasteiger partial charge on any atom is 0.163 e. The van der Waals surface area contributed by atoms with Crippen LogP contribution in [-0.4, -0.2) is 5.78 Å². The SMILES string of the molecule is CC1=C(C)C[C@@]2(C)C(=C1)C(=O)C1CC=CCC12. The molecule has 3 rings (SSSR count). The third kappa shape index (κ3) is 1.34. The molecule has 0 aromatic heterocycles. The van der Waals surface area contributed by atoms with Crippen LogP contribution in [0.1, 0.15) is 40.0 Å². The van der Waals surface area contributed by atoms with E-state index in [1.54, 1.807) is 0 Å². The van der Waals surface area contributed by atoms with Gasteiger partial charge >= 0.3 is 0 Å². The van der Waals surface area contributed by atoms with E-state index < -0.39 is 0 Å². The van der Waals surface area contributed by atoms with Gasteiger partial charge in [-0.3, -0.25) is 4.79 Å². The van der Waals surface area contributed by atoms with Gasteiger partial charge < -0.3 is 0 Å². The predicted octanol–water partition coefficient (Wildman–Crippen LogP) is 3.82. The van der Waals surface area contributed by atoms with Crippen molar-refractivity contribution in [3.05, 3.63) is 34.9 Å². The largest absolute Gasteiger partial charge is 0.294 e. The fraction of sp³-hybridized carbons (Fsp3) is 0.562. The van der Waals surface area contributed by atoms with Crippen molar-refractivity contribution in [1.82, 2.24) is 0 Å². The first kappa shape index (κ1) is 11.0. The van der Waals surface area contributed by atoms with Crippen molar-refractivity contribution in [3.8, 4) is 0 Å². The number of Topliss-reactive ketones (excluding diaryl/α,β-unsaturated/α-hetero) is 1. The second-order valence-electron chi connectivity index (χ2n) is 6.14. The second kappa shape index (κ2) is 3.44. The number of rotatable bonds is 0. The molecule has 1 fully saturated rings. The number of fused-ring (bicyclic) bond motifs is 3. The zero-order chi connectivity index (χ0) is 12.2. The van der Waals surface area contributed by atoms with Crippen LogP contribution in [-0.2, 0) is 4.79 Å². The molecular formula is C16H20O. The molecule has 2 unspecified atom stereocenters. The van der Waals surface area contributed by atoms with E-state index in [9.17, 15) is 4.79 Å². The van der Waals surface area contributed by atoms with Gasteiger partial charge in [0, 0.05) is 16.9 Å². The van der Waals surface area contributed by atoms with Gasteiger partial charge in [-0.25, -0.2) is 0 Å². The molecule has 0 aromatic carbocycles. The van der Waals surface area contributed by atoms with Crippen LogP contribution < -0.4 is 0 Å². The van der Waals surface area contributed by atoms with Crippen LogP contribution in [0.3, 0.4) is 0 Å². The number of allylic oxidation sites excluding steroid dienone is 6. The maximum atomic E-state index is 12.5. The van der Waals surface area contributed by atoms with Gasteiger partial charge in [0.1, 0.15) is 0 Å². The summed E-state index contributed by atoms with van der Waals surface area (Å²) in [6.45, 7) is 6.65. The van der Waals surface area contributed by atoms with E-state index in [1.807, 2.05) is 0 Å². The lowest BCUT2D eigenvalue weighted by Gasteiger charge is -2.37. The summed E-state index contributed by atoms with van der Waals surface area (Å²) in [5.41, 5.74) is 3.98. The highest BCUT2D eigenvalue weighted by Crippen LogP contribution is 2.57. The highest BCUT2D eigenvalue weighted by Gasteiger charge is 2.54. The molecule has 0 radical (unpaired) electrons. The Bertz CT molecular complexity index is 478. The fourth-order valence-corrected chi connectivity index (χ4v) is 3.98. The van der Waals surface area contributed by atoms with Crippen LogP contribution in [0.2, 0.25) is 0 Å². The number of ketones is 1. The van der Waals surface area contributed by atoms with Crippen LogP contribution >= 0.6 is 0 Å². The summed E-state index contributed by atoms with van der Waals surface area (Å²) in [5, 5.41) is 0. The third-order valence-electron chi connectivity index (χ3n) is 5.13. The minimum Gasteiger partial charge on any atom is -0.294 e. The molecule has 0 bridgehead atoms. The lowest BCUT2D eigenvalue weighted by atomic mass is 9.66. The van der Waals surface area contributed by atoms with Gasteiger partial charge in [-0.1, -0.05) is 36.3 Å². The van der Waals surface area contributed by atoms with E-state index in [0.717, 1.165) is 24.8 Å². The quantitative estimate of drug-likeness (QED) is 0.576. The highest BCUT2D eigenvalue weighted by molar-refractivity contribution is 6.02. The molecule has 0 saturated heterocycles. The lowest BCUT2D eigenvalue weighted by Crippen LogP contribution is -2.29. The Morgan fingerprint density at radius 3 is 2.71 bits per heavy atom. The van der Waals surface area contributed by atoms with Crippen LogP contribution in [0.25, 0.3) is 0 Å². The summed E-state index contributed by atoms with van der Waals surface area (Å²) in [6.07, 6.45) is 9.73. The maximum absolute atomic E-state index is 12.5. The molecule has 0 amide bonds. The van der Waals surface area contributed by atoms with Crippen molar-refractivity contribution >= 4 is 5.78 Å². The van der Waals surface area contributed by atoms with Crippen molar-refractivity contribution in [2.45, 2.75) is 40.0 Å². The Labute approximate surface area is 103 Å². The number of hydrogen-bond donors (Lipinski definition) is 0. The van der Waals surface area contributed by atoms with Crippen LogP contribution in [0.4, 0.5) is 0 Å². The van der Waals surface area contributed by atoms with Gasteiger partial charge in [-0.05, 0) is 39.0 Å². The molecule has 0 heterocycles. The van der Waals surface area contributed by atoms with Gasteiger partial charge in [0.05, 0.1) is 0 Å². The summed E-state index contributed by atoms with van der Waals surface area (Å²) in [7, 11) is 0. The number of carbonyl (C=O) groups is 1. The van der Waals surface area contributed by atoms with Crippen LogP contribution in [0.5, 0.6) is 0 Å². The topological polar surface area (TPSA) is 17.1 Å². The van der Waals surface area contributed by atoms with E-state index in [1.165, 1.54) is 11.1 Å². The molecule has 0 N–H and O–H groups in total. The molecule has 90 valence electrons. The van der Waals surface area contributed by atoms with Gasteiger partial charge in [0.25, 0.3) is 0 Å². The molecule has 1 nitrogen and oxygen atoms in total. The monoisotopic (exact) mass is 228 g/mol. The van der Waals surface area contributed by atoms with Crippen molar-refractivity contribution < 1.29 is 4.79 Å². The first-order chi connectivity index (χ1) is 8.04. The summed E-state index contributed by atoms with van der Waals surface area (Å²) in [6, 6.07) is 0. The van der Waals surface area contributed by atoms with E-state index >= 15 is 0 Å². The predicted molar refractivity (Wildman–Crippen MR) is 69.5 cm³/mol. The molecule has 3 atom stereocenters. The van der Waals surface area contributed by atoms with Gasteiger partial charge in [0.2, 0.25) is 0 Å². The van der Waals surface area contributed by atoms with Gasteiger partial charge in [0.15, 0.2) is 5.78 Å². The van der Waals surface area contributed by atoms with E-state index in [-0.39, 0.29) is 11.3 Å². The molecule has 1 saturated carbocycles. The van der Waals surface area contributed by atoms with Crippen molar-refractivity contribution in [1.29, 1.82) is 0 Å². The first-order valence-electron chi connectivity index (χ1n) is 6.62. The van der Waals surface area contributed by atoms with E-state index in [2.05, 4.69) is 39.0 Å². The molecular weight excluding hydrogens is 208 g/mol. The van der Waals surface area contributed by atoms with Crippen LogP contribution in [0, 0.1) is 17.3 Å². The standard InChI is InChI=1S/C16H20O/c1-10-8-14-15(17)12-6-4-5-7-13(12)16(14,3)9-11(10)2/h4-5,8,12-13H,6-7,9H2,1-3H3/t12?,13?,16-/m1/s1. The average molecular weight is 228 g/mol. The van der Waals surface area contributed by atoms with Gasteiger partial charge in [-0.2, -0.15) is 0 Å². The first-order valence-corrected chi connectivity index (χ1v) is 6.62. The van der Waals surface area contributed by atoms with Crippen LogP contribution in [0.15, 0.2) is 34.9 Å². The molecule has 0 aromatic rings. The van der Waals surface area contributed by atoms with E-state index in [0.29, 0.717) is 11.7 Å². The summed E-state index contributed by atoms with van der Waals surface area (Å²) in [5.74, 6) is 1.22.